The first-order valence-corrected chi connectivity index (χ1v) is 7.41. The number of rotatable bonds is 7. The molecular weight excluding hydrogens is 298 g/mol. The second kappa shape index (κ2) is 9.40. The lowest BCUT2D eigenvalue weighted by Gasteiger charge is -2.12. The topological polar surface area (TPSA) is 81.7 Å². The smallest absolute Gasteiger partial charge is 0.331 e. The number of esters is 2. The van der Waals surface area contributed by atoms with Crippen LogP contribution in [0.2, 0.25) is 0 Å². The van der Waals surface area contributed by atoms with E-state index in [1.165, 1.54) is 6.92 Å². The predicted octanol–water partition coefficient (Wildman–Crippen LogP) is 2.24. The molecule has 0 aliphatic rings. The fourth-order valence-electron chi connectivity index (χ4n) is 1.66. The molecule has 6 heteroatoms. The van der Waals surface area contributed by atoms with E-state index in [0.29, 0.717) is 5.69 Å². The van der Waals surface area contributed by atoms with Crippen molar-refractivity contribution in [1.29, 1.82) is 0 Å². The summed E-state index contributed by atoms with van der Waals surface area (Å²) >= 11 is 0. The third kappa shape index (κ3) is 6.78. The molecular formula is C17H21NO5. The molecule has 0 aliphatic carbocycles. The number of ether oxygens (including phenoxy) is 2. The maximum atomic E-state index is 11.9. The molecule has 1 rings (SSSR count). The van der Waals surface area contributed by atoms with Gasteiger partial charge in [-0.15, -0.1) is 0 Å². The van der Waals surface area contributed by atoms with Crippen molar-refractivity contribution >= 4 is 23.5 Å². The van der Waals surface area contributed by atoms with Crippen molar-refractivity contribution in [3.8, 4) is 0 Å². The number of hydrogen-bond donors (Lipinski definition) is 1. The van der Waals surface area contributed by atoms with Crippen molar-refractivity contribution in [1.82, 2.24) is 0 Å². The zero-order chi connectivity index (χ0) is 17.2. The number of nitrogens with one attached hydrogen (secondary N) is 1. The van der Waals surface area contributed by atoms with Crippen LogP contribution in [0, 0.1) is 0 Å². The Hall–Kier alpha value is -2.63. The highest BCUT2D eigenvalue weighted by molar-refractivity contribution is 5.97. The first-order chi connectivity index (χ1) is 11.0. The zero-order valence-corrected chi connectivity index (χ0v) is 13.5. The number of hydrogen-bond acceptors (Lipinski definition) is 5. The Labute approximate surface area is 135 Å². The minimum atomic E-state index is -0.986. The van der Waals surface area contributed by atoms with E-state index in [9.17, 15) is 14.4 Å². The standard InChI is InChI=1S/C17H21NO5/c1-4-13-6-8-14(9-7-13)18-17(21)12(3)23-16(20)11-10-15(19)22-5-2/h6-12H,4-5H2,1-3H3,(H,18,21)/b11-10+. The number of amides is 1. The molecule has 0 aromatic heterocycles. The van der Waals surface area contributed by atoms with Gasteiger partial charge >= 0.3 is 11.9 Å². The Morgan fingerprint density at radius 3 is 2.26 bits per heavy atom. The molecule has 1 aromatic carbocycles. The molecule has 6 nitrogen and oxygen atoms in total. The van der Waals surface area contributed by atoms with Gasteiger partial charge < -0.3 is 14.8 Å². The molecule has 0 bridgehead atoms. The molecule has 0 saturated heterocycles. The molecule has 0 fully saturated rings. The minimum absolute atomic E-state index is 0.216. The second-order valence-corrected chi connectivity index (χ2v) is 4.70. The van der Waals surface area contributed by atoms with Crippen LogP contribution in [0.4, 0.5) is 5.69 Å². The molecule has 1 unspecified atom stereocenters. The quantitative estimate of drug-likeness (QED) is 0.615. The maximum absolute atomic E-state index is 11.9. The van der Waals surface area contributed by atoms with Crippen molar-refractivity contribution in [3.63, 3.8) is 0 Å². The number of benzene rings is 1. The Balaban J connectivity index is 2.49. The van der Waals surface area contributed by atoms with Gasteiger partial charge in [-0.2, -0.15) is 0 Å². The van der Waals surface area contributed by atoms with E-state index in [0.717, 1.165) is 24.1 Å². The Kier molecular flexibility index (Phi) is 7.53. The lowest BCUT2D eigenvalue weighted by molar-refractivity contribution is -0.148. The SMILES string of the molecule is CCOC(=O)/C=C/C(=O)OC(C)C(=O)Nc1ccc(CC)cc1. The van der Waals surface area contributed by atoms with Gasteiger partial charge in [0.25, 0.3) is 5.91 Å². The van der Waals surface area contributed by atoms with Crippen LogP contribution in [0.3, 0.4) is 0 Å². The molecule has 1 aromatic rings. The average Bonchev–Trinajstić information content (AvgIpc) is 2.54. The molecule has 1 amide bonds. The average molecular weight is 319 g/mol. The monoisotopic (exact) mass is 319 g/mol. The summed E-state index contributed by atoms with van der Waals surface area (Å²) in [6.07, 6.45) is 1.81. The lowest BCUT2D eigenvalue weighted by atomic mass is 10.1. The molecule has 0 radical (unpaired) electrons. The zero-order valence-electron chi connectivity index (χ0n) is 13.5. The summed E-state index contributed by atoms with van der Waals surface area (Å²) in [5.74, 6) is -1.88. The van der Waals surface area contributed by atoms with Crippen molar-refractivity contribution in [2.24, 2.45) is 0 Å². The van der Waals surface area contributed by atoms with Gasteiger partial charge in [0.05, 0.1) is 6.61 Å². The summed E-state index contributed by atoms with van der Waals surface area (Å²) in [7, 11) is 0. The van der Waals surface area contributed by atoms with E-state index < -0.39 is 23.9 Å². The third-order valence-electron chi connectivity index (χ3n) is 2.93. The van der Waals surface area contributed by atoms with Gasteiger partial charge in [-0.05, 0) is 38.0 Å². The first kappa shape index (κ1) is 18.4. The summed E-state index contributed by atoms with van der Waals surface area (Å²) in [6.45, 7) is 5.36. The summed E-state index contributed by atoms with van der Waals surface area (Å²) in [6, 6.07) is 7.39. The van der Waals surface area contributed by atoms with E-state index in [1.807, 2.05) is 19.1 Å². The van der Waals surface area contributed by atoms with E-state index in [4.69, 9.17) is 4.74 Å². The normalized spacial score (nSPS) is 11.8. The van der Waals surface area contributed by atoms with E-state index in [-0.39, 0.29) is 6.61 Å². The van der Waals surface area contributed by atoms with Crippen molar-refractivity contribution in [3.05, 3.63) is 42.0 Å². The first-order valence-electron chi connectivity index (χ1n) is 7.41. The molecule has 0 saturated carbocycles. The molecule has 23 heavy (non-hydrogen) atoms. The van der Waals surface area contributed by atoms with Gasteiger partial charge in [0.15, 0.2) is 6.10 Å². The van der Waals surface area contributed by atoms with E-state index in [2.05, 4.69) is 10.1 Å². The fraction of sp³-hybridized carbons (Fsp3) is 0.353. The maximum Gasteiger partial charge on any atom is 0.331 e. The largest absolute Gasteiger partial charge is 0.463 e. The highest BCUT2D eigenvalue weighted by atomic mass is 16.5. The van der Waals surface area contributed by atoms with Crippen LogP contribution in [0.1, 0.15) is 26.3 Å². The summed E-state index contributed by atoms with van der Waals surface area (Å²) in [5.41, 5.74) is 1.78. The van der Waals surface area contributed by atoms with Crippen LogP contribution in [0.5, 0.6) is 0 Å². The highest BCUT2D eigenvalue weighted by Crippen LogP contribution is 2.10. The number of aryl methyl sites for hydroxylation is 1. The van der Waals surface area contributed by atoms with Crippen LogP contribution >= 0.6 is 0 Å². The highest BCUT2D eigenvalue weighted by Gasteiger charge is 2.16. The minimum Gasteiger partial charge on any atom is -0.463 e. The van der Waals surface area contributed by atoms with Gasteiger partial charge in [0.2, 0.25) is 0 Å². The number of anilines is 1. The second-order valence-electron chi connectivity index (χ2n) is 4.70. The van der Waals surface area contributed by atoms with Crippen LogP contribution in [0.25, 0.3) is 0 Å². The van der Waals surface area contributed by atoms with Gasteiger partial charge in [-0.25, -0.2) is 9.59 Å². The van der Waals surface area contributed by atoms with Crippen LogP contribution in [-0.2, 0) is 30.3 Å². The van der Waals surface area contributed by atoms with Crippen molar-refractivity contribution in [2.45, 2.75) is 33.3 Å². The van der Waals surface area contributed by atoms with Crippen molar-refractivity contribution < 1.29 is 23.9 Å². The van der Waals surface area contributed by atoms with Crippen LogP contribution in [-0.4, -0.2) is 30.6 Å². The molecule has 1 atom stereocenters. The molecule has 0 heterocycles. The van der Waals surface area contributed by atoms with Crippen molar-refractivity contribution in [2.75, 3.05) is 11.9 Å². The molecule has 0 spiro atoms. The van der Waals surface area contributed by atoms with Gasteiger partial charge in [-0.1, -0.05) is 19.1 Å². The fourth-order valence-corrected chi connectivity index (χ4v) is 1.66. The lowest BCUT2D eigenvalue weighted by Crippen LogP contribution is -2.29. The van der Waals surface area contributed by atoms with Gasteiger partial charge in [0, 0.05) is 17.8 Å². The third-order valence-corrected chi connectivity index (χ3v) is 2.93. The van der Waals surface area contributed by atoms with Gasteiger partial charge in [0.1, 0.15) is 0 Å². The summed E-state index contributed by atoms with van der Waals surface area (Å²) < 4.78 is 9.54. The van der Waals surface area contributed by atoms with Gasteiger partial charge in [-0.3, -0.25) is 4.79 Å². The predicted molar refractivity (Wildman–Crippen MR) is 85.8 cm³/mol. The summed E-state index contributed by atoms with van der Waals surface area (Å²) in [4.78, 5) is 34.5. The number of carbonyl (C=O) groups excluding carboxylic acids is 3. The van der Waals surface area contributed by atoms with Crippen LogP contribution < -0.4 is 5.32 Å². The molecule has 1 N–H and O–H groups in total. The van der Waals surface area contributed by atoms with E-state index in [1.54, 1.807) is 19.1 Å². The molecule has 0 aliphatic heterocycles. The molecule has 124 valence electrons. The van der Waals surface area contributed by atoms with E-state index >= 15 is 0 Å². The number of carbonyl (C=O) groups is 3. The van der Waals surface area contributed by atoms with Crippen LogP contribution in [0.15, 0.2) is 36.4 Å². The Morgan fingerprint density at radius 1 is 1.09 bits per heavy atom. The Morgan fingerprint density at radius 2 is 1.70 bits per heavy atom. The Bertz CT molecular complexity index is 577. The summed E-state index contributed by atoms with van der Waals surface area (Å²) in [5, 5.41) is 2.65.